The molecular formula is C22H23INO4+. The summed E-state index contributed by atoms with van der Waals surface area (Å²) in [6.45, 7) is 7.31. The Labute approximate surface area is 178 Å². The topological polar surface area (TPSA) is 64.6 Å². The lowest BCUT2D eigenvalue weighted by molar-refractivity contribution is -0.154. The van der Waals surface area contributed by atoms with E-state index in [4.69, 9.17) is 9.47 Å². The Kier molecular flexibility index (Phi) is 6.17. The van der Waals surface area contributed by atoms with E-state index >= 15 is 0 Å². The molecule has 0 saturated heterocycles. The van der Waals surface area contributed by atoms with E-state index in [0.717, 1.165) is 11.1 Å². The number of carbonyl (C=O) groups is 2. The van der Waals surface area contributed by atoms with Crippen LogP contribution in [0.15, 0.2) is 48.5 Å². The van der Waals surface area contributed by atoms with Gasteiger partial charge in [-0.2, -0.15) is 0 Å². The standard InChI is InChI=1S/C22H22INO4/c1-22(2,3)28-20(25)19(12-23)24-21(26)27-13-18-16-10-6-4-8-14(16)15-9-5-7-11-17(15)18/h4-11,18-19H,1,12-13H2,2-3H3/p+1/t19-/m0/s1. The van der Waals surface area contributed by atoms with Gasteiger partial charge in [0.2, 0.25) is 5.60 Å². The number of alkyl halides is 1. The maximum Gasteiger partial charge on any atom is 0.407 e. The van der Waals surface area contributed by atoms with Gasteiger partial charge in [-0.1, -0.05) is 71.1 Å². The molecule has 0 bridgehead atoms. The maximum atomic E-state index is 12.3. The summed E-state index contributed by atoms with van der Waals surface area (Å²) >= 11 is 2.03. The minimum atomic E-state index is -0.857. The normalized spacial score (nSPS) is 14.0. The first-order valence-corrected chi connectivity index (χ1v) is 10.6. The zero-order valence-corrected chi connectivity index (χ0v) is 18.1. The van der Waals surface area contributed by atoms with Gasteiger partial charge in [0.05, 0.1) is 0 Å². The highest BCUT2D eigenvalue weighted by Crippen LogP contribution is 2.44. The van der Waals surface area contributed by atoms with E-state index in [1.54, 1.807) is 13.8 Å². The van der Waals surface area contributed by atoms with E-state index in [2.05, 4.69) is 36.5 Å². The summed E-state index contributed by atoms with van der Waals surface area (Å²) in [4.78, 5) is 24.5. The Bertz CT molecular complexity index is 829. The third-order valence-electron chi connectivity index (χ3n) is 4.45. The van der Waals surface area contributed by atoms with Gasteiger partial charge < -0.3 is 14.8 Å². The lowest BCUT2D eigenvalue weighted by atomic mass is 9.98. The van der Waals surface area contributed by atoms with Crippen LogP contribution in [0.4, 0.5) is 4.79 Å². The van der Waals surface area contributed by atoms with Crippen LogP contribution in [0.25, 0.3) is 11.1 Å². The number of hydrogen-bond acceptors (Lipinski definition) is 4. The van der Waals surface area contributed by atoms with Gasteiger partial charge in [0.25, 0.3) is 0 Å². The second-order valence-electron chi connectivity index (χ2n) is 7.36. The molecule has 2 aromatic carbocycles. The second-order valence-corrected chi connectivity index (χ2v) is 8.24. The summed E-state index contributed by atoms with van der Waals surface area (Å²) in [6, 6.07) is 15.5. The Balaban J connectivity index is 1.65. The number of halogens is 1. The lowest BCUT2D eigenvalue weighted by Gasteiger charge is -2.20. The molecule has 0 saturated carbocycles. The van der Waals surface area contributed by atoms with Gasteiger partial charge in [-0.25, -0.2) is 9.59 Å². The zero-order valence-electron chi connectivity index (χ0n) is 15.9. The molecule has 1 amide bonds. The average molecular weight is 492 g/mol. The van der Waals surface area contributed by atoms with Crippen LogP contribution in [-0.4, -0.2) is 34.7 Å². The van der Waals surface area contributed by atoms with Crippen molar-refractivity contribution in [2.24, 2.45) is 0 Å². The number of nitrogens with one attached hydrogen (secondary N) is 1. The Hall–Kier alpha value is -2.22. The molecule has 1 N–H and O–H groups in total. The number of amides is 1. The molecule has 1 atom stereocenters. The van der Waals surface area contributed by atoms with Crippen molar-refractivity contribution in [3.8, 4) is 11.1 Å². The number of rotatable bonds is 6. The predicted molar refractivity (Wildman–Crippen MR) is 116 cm³/mol. The first kappa shape index (κ1) is 20.5. The SMILES string of the molecule is [CH2+]C(C)(C)OC(=O)[C@H](CI)NC(=O)OCC1c2ccccc2-c2ccccc21. The van der Waals surface area contributed by atoms with Gasteiger partial charge in [-0.15, -0.1) is 0 Å². The highest BCUT2D eigenvalue weighted by atomic mass is 127. The van der Waals surface area contributed by atoms with Crippen LogP contribution >= 0.6 is 22.6 Å². The van der Waals surface area contributed by atoms with E-state index in [0.29, 0.717) is 4.43 Å². The quantitative estimate of drug-likeness (QED) is 0.280. The van der Waals surface area contributed by atoms with Gasteiger partial charge in [0, 0.05) is 24.2 Å². The summed E-state index contributed by atoms with van der Waals surface area (Å²) in [5.41, 5.74) is 3.75. The largest absolute Gasteiger partial charge is 0.449 e. The summed E-state index contributed by atoms with van der Waals surface area (Å²) in [5, 5.41) is 2.59. The number of hydrogen-bond donors (Lipinski definition) is 1. The van der Waals surface area contributed by atoms with Crippen molar-refractivity contribution >= 4 is 34.7 Å². The van der Waals surface area contributed by atoms with Crippen molar-refractivity contribution in [1.82, 2.24) is 5.32 Å². The molecule has 0 spiro atoms. The fourth-order valence-electron chi connectivity index (χ4n) is 3.29. The highest BCUT2D eigenvalue weighted by Gasteiger charge is 2.31. The van der Waals surface area contributed by atoms with Crippen LogP contribution in [0.2, 0.25) is 0 Å². The summed E-state index contributed by atoms with van der Waals surface area (Å²) < 4.78 is 11.1. The molecule has 28 heavy (non-hydrogen) atoms. The average Bonchev–Trinajstić information content (AvgIpc) is 2.97. The number of ether oxygens (including phenoxy) is 2. The van der Waals surface area contributed by atoms with Crippen LogP contribution in [0.1, 0.15) is 30.9 Å². The summed E-state index contributed by atoms with van der Waals surface area (Å²) in [5.74, 6) is -0.551. The molecule has 0 aliphatic heterocycles. The molecular weight excluding hydrogens is 469 g/mol. The maximum absolute atomic E-state index is 12.3. The van der Waals surface area contributed by atoms with Gasteiger partial charge in [-0.05, 0) is 22.3 Å². The van der Waals surface area contributed by atoms with E-state index < -0.39 is 23.7 Å². The van der Waals surface area contributed by atoms with Crippen LogP contribution in [0.5, 0.6) is 0 Å². The monoisotopic (exact) mass is 492 g/mol. The van der Waals surface area contributed by atoms with Crippen molar-refractivity contribution in [2.75, 3.05) is 11.0 Å². The molecule has 146 valence electrons. The lowest BCUT2D eigenvalue weighted by Crippen LogP contribution is -2.45. The predicted octanol–water partition coefficient (Wildman–Crippen LogP) is 4.48. The number of benzene rings is 2. The number of alkyl carbamates (subject to hydrolysis) is 1. The van der Waals surface area contributed by atoms with Crippen LogP contribution in [-0.2, 0) is 14.3 Å². The molecule has 0 heterocycles. The molecule has 3 rings (SSSR count). The molecule has 1 aliphatic carbocycles. The van der Waals surface area contributed by atoms with Crippen LogP contribution < -0.4 is 5.32 Å². The van der Waals surface area contributed by atoms with E-state index in [1.165, 1.54) is 11.1 Å². The summed E-state index contributed by atoms with van der Waals surface area (Å²) in [6.07, 6.45) is -0.637. The Morgan fingerprint density at radius 2 is 1.64 bits per heavy atom. The summed E-state index contributed by atoms with van der Waals surface area (Å²) in [7, 11) is 0. The number of esters is 1. The minimum Gasteiger partial charge on any atom is -0.449 e. The van der Waals surface area contributed by atoms with Crippen molar-refractivity contribution in [2.45, 2.75) is 31.4 Å². The number of fused-ring (bicyclic) bond motifs is 3. The minimum absolute atomic E-state index is 0.0260. The molecule has 0 aromatic heterocycles. The van der Waals surface area contributed by atoms with Crippen LogP contribution in [0, 0.1) is 6.92 Å². The second kappa shape index (κ2) is 8.43. The van der Waals surface area contributed by atoms with Crippen molar-refractivity contribution in [3.05, 3.63) is 66.6 Å². The molecule has 6 heteroatoms. The third-order valence-corrected chi connectivity index (χ3v) is 5.33. The van der Waals surface area contributed by atoms with Crippen LogP contribution in [0.3, 0.4) is 0 Å². The molecule has 2 aromatic rings. The van der Waals surface area contributed by atoms with Gasteiger partial charge in [0.15, 0.2) is 0 Å². The Morgan fingerprint density at radius 3 is 2.14 bits per heavy atom. The Morgan fingerprint density at radius 1 is 1.11 bits per heavy atom. The van der Waals surface area contributed by atoms with Gasteiger partial charge in [0.1, 0.15) is 19.6 Å². The molecule has 1 aliphatic rings. The van der Waals surface area contributed by atoms with E-state index in [-0.39, 0.29) is 12.5 Å². The first-order valence-electron chi connectivity index (χ1n) is 9.06. The smallest absolute Gasteiger partial charge is 0.407 e. The zero-order chi connectivity index (χ0) is 20.3. The fourth-order valence-corrected chi connectivity index (χ4v) is 3.87. The van der Waals surface area contributed by atoms with Crippen molar-refractivity contribution < 1.29 is 19.1 Å². The van der Waals surface area contributed by atoms with Gasteiger partial charge in [-0.3, -0.25) is 0 Å². The first-order chi connectivity index (χ1) is 13.3. The molecule has 0 radical (unpaired) electrons. The molecule has 5 nitrogen and oxygen atoms in total. The molecule has 0 unspecified atom stereocenters. The van der Waals surface area contributed by atoms with E-state index in [1.807, 2.05) is 46.9 Å². The number of carbonyl (C=O) groups excluding carboxylic acids is 2. The van der Waals surface area contributed by atoms with Crippen molar-refractivity contribution in [1.29, 1.82) is 0 Å². The van der Waals surface area contributed by atoms with Crippen molar-refractivity contribution in [3.63, 3.8) is 0 Å². The van der Waals surface area contributed by atoms with Gasteiger partial charge >= 0.3 is 12.1 Å². The highest BCUT2D eigenvalue weighted by molar-refractivity contribution is 14.1. The van der Waals surface area contributed by atoms with E-state index in [9.17, 15) is 9.59 Å². The third kappa shape index (κ3) is 4.60. The fraction of sp³-hybridized carbons (Fsp3) is 0.318. The molecule has 0 fully saturated rings.